The predicted molar refractivity (Wildman–Crippen MR) is 339 cm³/mol. The molecule has 0 bridgehead atoms. The van der Waals surface area contributed by atoms with Crippen LogP contribution in [-0.2, 0) is 5.41 Å². The Morgan fingerprint density at radius 3 is 0.926 bits per heavy atom. The number of anilines is 6. The minimum atomic E-state index is -0.496. The van der Waals surface area contributed by atoms with Gasteiger partial charge in [-0.1, -0.05) is 261 Å². The van der Waals surface area contributed by atoms with Crippen LogP contribution < -0.4 is 9.80 Å². The zero-order valence-electron chi connectivity index (χ0n) is 44.6. The number of hydrogen-bond acceptors (Lipinski definition) is 2. The normalized spacial score (nSPS) is 12.3. The van der Waals surface area contributed by atoms with Crippen molar-refractivity contribution in [1.82, 2.24) is 0 Å². The van der Waals surface area contributed by atoms with Gasteiger partial charge in [-0.05, 0) is 167 Å². The van der Waals surface area contributed by atoms with Gasteiger partial charge < -0.3 is 9.80 Å². The summed E-state index contributed by atoms with van der Waals surface area (Å²) in [6.45, 7) is 0. The van der Waals surface area contributed by atoms with E-state index in [4.69, 9.17) is 0 Å². The van der Waals surface area contributed by atoms with E-state index >= 15 is 0 Å². The summed E-state index contributed by atoms with van der Waals surface area (Å²) in [7, 11) is 0. The highest BCUT2D eigenvalue weighted by Crippen LogP contribution is 2.64. The van der Waals surface area contributed by atoms with Crippen LogP contribution >= 0.6 is 0 Å². The maximum atomic E-state index is 2.45. The van der Waals surface area contributed by atoms with Gasteiger partial charge in [0.25, 0.3) is 0 Å². The summed E-state index contributed by atoms with van der Waals surface area (Å²) in [6.07, 6.45) is 0. The third-order valence-corrected chi connectivity index (χ3v) is 16.6. The Balaban J connectivity index is 1.01. The molecule has 0 unspecified atom stereocenters. The number of fused-ring (bicyclic) bond motifs is 10. The van der Waals surface area contributed by atoms with E-state index < -0.39 is 5.41 Å². The average Bonchev–Trinajstić information content (AvgIpc) is 2.58. The smallest absolute Gasteiger partial charge is 0.0725 e. The number of hydrogen-bond donors (Lipinski definition) is 0. The van der Waals surface area contributed by atoms with Gasteiger partial charge in [-0.2, -0.15) is 0 Å². The highest BCUT2D eigenvalue weighted by atomic mass is 15.2. The lowest BCUT2D eigenvalue weighted by Gasteiger charge is -2.31. The highest BCUT2D eigenvalue weighted by Gasteiger charge is 2.52. The van der Waals surface area contributed by atoms with Crippen LogP contribution in [-0.4, -0.2) is 0 Å². The fourth-order valence-corrected chi connectivity index (χ4v) is 13.1. The fraction of sp³-hybridized carbons (Fsp3) is 0.0127. The Bertz CT molecular complexity index is 4200. The second-order valence-corrected chi connectivity index (χ2v) is 21.2. The molecule has 0 aliphatic heterocycles. The zero-order chi connectivity index (χ0) is 53.7. The third-order valence-electron chi connectivity index (χ3n) is 16.6. The first-order chi connectivity index (χ1) is 40.2. The molecule has 0 amide bonds. The van der Waals surface area contributed by atoms with Crippen molar-refractivity contribution in [3.8, 4) is 77.9 Å². The van der Waals surface area contributed by atoms with E-state index in [-0.39, 0.29) is 0 Å². The van der Waals surface area contributed by atoms with Gasteiger partial charge in [0.2, 0.25) is 0 Å². The number of benzene rings is 13. The van der Waals surface area contributed by atoms with Gasteiger partial charge in [0.1, 0.15) is 0 Å². The molecule has 2 aliphatic rings. The summed E-state index contributed by atoms with van der Waals surface area (Å²) in [5.41, 5.74) is 27.8. The van der Waals surface area contributed by atoms with Crippen molar-refractivity contribution in [3.63, 3.8) is 0 Å². The minimum absolute atomic E-state index is 0.496. The number of nitrogens with zero attached hydrogens (tertiary/aromatic N) is 2. The summed E-state index contributed by atoms with van der Waals surface area (Å²) in [6, 6.07) is 121. The first-order valence-corrected chi connectivity index (χ1v) is 28.0. The average molecular weight is 1030 g/mol. The Kier molecular flexibility index (Phi) is 11.8. The van der Waals surface area contributed by atoms with E-state index in [0.717, 1.165) is 61.9 Å². The van der Waals surface area contributed by atoms with Gasteiger partial charge >= 0.3 is 0 Å². The molecule has 2 aliphatic carbocycles. The SMILES string of the molecule is c1ccc(-c2ccc(N(c3cccc(-c4ccccc4)c3)c3cc(-c4cccc5c4-c4ccccc4C54c5ccccc5-c5ccccc54)cc(N(c4ccc(-c5ccccc5)cc4)c4cccc(-c5ccccc5)c4)c3)cc2)cc1. The van der Waals surface area contributed by atoms with Crippen molar-refractivity contribution in [1.29, 1.82) is 0 Å². The van der Waals surface area contributed by atoms with Crippen molar-refractivity contribution >= 4 is 34.1 Å². The maximum absolute atomic E-state index is 2.45. The monoisotopic (exact) mass is 1030 g/mol. The molecule has 0 aromatic heterocycles. The summed E-state index contributed by atoms with van der Waals surface area (Å²) in [5, 5.41) is 0. The fourth-order valence-electron chi connectivity index (χ4n) is 13.1. The van der Waals surface area contributed by atoms with E-state index in [1.54, 1.807) is 0 Å². The quantitative estimate of drug-likeness (QED) is 0.127. The van der Waals surface area contributed by atoms with Gasteiger partial charge in [-0.15, -0.1) is 0 Å². The van der Waals surface area contributed by atoms with Crippen LogP contribution in [0.5, 0.6) is 0 Å². The second kappa shape index (κ2) is 20.0. The van der Waals surface area contributed by atoms with Gasteiger partial charge in [-0.3, -0.25) is 0 Å². The van der Waals surface area contributed by atoms with E-state index in [0.29, 0.717) is 0 Å². The molecule has 0 heterocycles. The lowest BCUT2D eigenvalue weighted by Crippen LogP contribution is -2.25. The van der Waals surface area contributed by atoms with Gasteiger partial charge in [0, 0.05) is 34.1 Å². The second-order valence-electron chi connectivity index (χ2n) is 21.2. The molecule has 0 fully saturated rings. The molecule has 15 rings (SSSR count). The first-order valence-electron chi connectivity index (χ1n) is 28.0. The van der Waals surface area contributed by atoms with Crippen molar-refractivity contribution in [2.45, 2.75) is 5.41 Å². The number of rotatable bonds is 11. The Morgan fingerprint density at radius 2 is 0.481 bits per heavy atom. The van der Waals surface area contributed by atoms with Crippen LogP contribution in [0.4, 0.5) is 34.1 Å². The van der Waals surface area contributed by atoms with E-state index in [1.165, 1.54) is 72.3 Å². The molecule has 2 heteroatoms. The van der Waals surface area contributed by atoms with Crippen molar-refractivity contribution in [2.24, 2.45) is 0 Å². The van der Waals surface area contributed by atoms with Gasteiger partial charge in [0.15, 0.2) is 0 Å². The standard InChI is InChI=1S/C79H54N2/c1-5-22-55(23-6-1)59-42-46-64(47-43-59)80(66-32-19-30-61(50-66)57-26-9-3-10-27-57)68-52-63(70-37-21-41-77-78(70)73-36-15-18-40-76(73)79(77)74-38-16-13-34-71(74)72-35-14-17-39-75(72)79)53-69(54-68)81(65-48-44-60(45-49-65)56-24-7-2-8-25-56)67-33-20-31-62(51-67)58-28-11-4-12-29-58/h1-54H. The molecule has 0 N–H and O–H groups in total. The third kappa shape index (κ3) is 8.19. The van der Waals surface area contributed by atoms with Crippen molar-refractivity contribution < 1.29 is 0 Å². The summed E-state index contributed by atoms with van der Waals surface area (Å²) in [5.74, 6) is 0. The summed E-state index contributed by atoms with van der Waals surface area (Å²) >= 11 is 0. The molecule has 13 aromatic carbocycles. The molecular formula is C79H54N2. The van der Waals surface area contributed by atoms with Gasteiger partial charge in [0.05, 0.1) is 5.41 Å². The van der Waals surface area contributed by atoms with E-state index in [9.17, 15) is 0 Å². The van der Waals surface area contributed by atoms with Crippen LogP contribution in [0.3, 0.4) is 0 Å². The molecule has 2 nitrogen and oxygen atoms in total. The molecule has 81 heavy (non-hydrogen) atoms. The van der Waals surface area contributed by atoms with E-state index in [1.807, 2.05) is 0 Å². The lowest BCUT2D eigenvalue weighted by atomic mass is 9.70. The first kappa shape index (κ1) is 47.7. The Hall–Kier alpha value is -10.5. The van der Waals surface area contributed by atoms with Gasteiger partial charge in [-0.25, -0.2) is 0 Å². The van der Waals surface area contributed by atoms with Crippen LogP contribution in [0.1, 0.15) is 22.3 Å². The summed E-state index contributed by atoms with van der Waals surface area (Å²) < 4.78 is 0. The van der Waals surface area contributed by atoms with Crippen LogP contribution in [0.25, 0.3) is 77.9 Å². The molecule has 13 aromatic rings. The Labute approximate surface area is 474 Å². The molecule has 0 atom stereocenters. The van der Waals surface area contributed by atoms with Crippen molar-refractivity contribution in [3.05, 3.63) is 350 Å². The molecule has 380 valence electrons. The van der Waals surface area contributed by atoms with Crippen molar-refractivity contribution in [2.75, 3.05) is 9.80 Å². The predicted octanol–water partition coefficient (Wildman–Crippen LogP) is 21.3. The molecular weight excluding hydrogens is 977 g/mol. The molecule has 1 spiro atoms. The zero-order valence-corrected chi connectivity index (χ0v) is 44.6. The van der Waals surface area contributed by atoms with Crippen LogP contribution in [0.2, 0.25) is 0 Å². The maximum Gasteiger partial charge on any atom is 0.0725 e. The van der Waals surface area contributed by atoms with Crippen LogP contribution in [0, 0.1) is 0 Å². The largest absolute Gasteiger partial charge is 0.310 e. The Morgan fingerprint density at radius 1 is 0.173 bits per heavy atom. The molecule has 0 saturated heterocycles. The topological polar surface area (TPSA) is 6.48 Å². The molecule has 0 saturated carbocycles. The van der Waals surface area contributed by atoms with Crippen LogP contribution in [0.15, 0.2) is 328 Å². The molecule has 0 radical (unpaired) electrons. The lowest BCUT2D eigenvalue weighted by molar-refractivity contribution is 0.794. The minimum Gasteiger partial charge on any atom is -0.310 e. The highest BCUT2D eigenvalue weighted by molar-refractivity contribution is 6.01. The van der Waals surface area contributed by atoms with E-state index in [2.05, 4.69) is 337 Å². The summed E-state index contributed by atoms with van der Waals surface area (Å²) in [4.78, 5) is 4.90.